The topological polar surface area (TPSA) is 67.6 Å². The quantitative estimate of drug-likeness (QED) is 0.582. The third kappa shape index (κ3) is 4.18. The minimum absolute atomic E-state index is 0.273. The average Bonchev–Trinajstić information content (AvgIpc) is 2.79. The van der Waals surface area contributed by atoms with E-state index in [-0.39, 0.29) is 24.0 Å². The van der Waals surface area contributed by atoms with Crippen molar-refractivity contribution in [1.82, 2.24) is 14.0 Å². The molecule has 1 aliphatic heterocycles. The maximum absolute atomic E-state index is 14.0. The summed E-state index contributed by atoms with van der Waals surface area (Å²) in [6.45, 7) is 3.10. The molecule has 2 heterocycles. The van der Waals surface area contributed by atoms with Gasteiger partial charge in [0.25, 0.3) is 0 Å². The average molecular weight is 440 g/mol. The van der Waals surface area contributed by atoms with Crippen LogP contribution >= 0.6 is 0 Å². The van der Waals surface area contributed by atoms with Crippen LogP contribution in [0, 0.1) is 18.6 Å². The number of anilines is 1. The summed E-state index contributed by atoms with van der Waals surface area (Å²) in [7, 11) is 0. The van der Waals surface area contributed by atoms with Gasteiger partial charge in [-0.25, -0.2) is 8.78 Å². The molecule has 1 aliphatic rings. The van der Waals surface area contributed by atoms with Gasteiger partial charge in [0, 0.05) is 38.6 Å². The fourth-order valence-electron chi connectivity index (χ4n) is 3.82. The van der Waals surface area contributed by atoms with Crippen molar-refractivity contribution in [3.63, 3.8) is 0 Å². The smallest absolute Gasteiger partial charge is 0.320 e. The molecule has 0 atom stereocenters. The van der Waals surface area contributed by atoms with Crippen LogP contribution in [0.25, 0.3) is 5.69 Å². The van der Waals surface area contributed by atoms with Crippen LogP contribution in [0.15, 0.2) is 64.4 Å². The van der Waals surface area contributed by atoms with E-state index in [1.165, 1.54) is 36.7 Å². The summed E-state index contributed by atoms with van der Waals surface area (Å²) < 4.78 is 29.7. The Bertz CT molecular complexity index is 1280. The van der Waals surface area contributed by atoms with E-state index in [0.29, 0.717) is 37.4 Å². The molecule has 1 saturated heterocycles. The Morgan fingerprint density at radius 2 is 1.62 bits per heavy atom. The lowest BCUT2D eigenvalue weighted by atomic mass is 10.2. The summed E-state index contributed by atoms with van der Waals surface area (Å²) in [6.07, 6.45) is 2.70. The molecule has 32 heavy (non-hydrogen) atoms. The second kappa shape index (κ2) is 8.78. The second-order valence-corrected chi connectivity index (χ2v) is 7.66. The predicted molar refractivity (Wildman–Crippen MR) is 116 cm³/mol. The van der Waals surface area contributed by atoms with Gasteiger partial charge in [-0.2, -0.15) is 0 Å². The maximum Gasteiger partial charge on any atom is 0.320 e. The van der Waals surface area contributed by atoms with Crippen LogP contribution in [0.4, 0.5) is 14.5 Å². The molecule has 0 N–H and O–H groups in total. The van der Waals surface area contributed by atoms with Crippen LogP contribution in [0.2, 0.25) is 0 Å². The number of rotatable bonds is 4. The van der Waals surface area contributed by atoms with Gasteiger partial charge in [0.1, 0.15) is 18.2 Å². The normalized spacial score (nSPS) is 14.0. The third-order valence-corrected chi connectivity index (χ3v) is 5.62. The molecule has 2 aromatic carbocycles. The Morgan fingerprint density at radius 3 is 2.34 bits per heavy atom. The summed E-state index contributed by atoms with van der Waals surface area (Å²) in [5.74, 6) is -1.14. The molecular weight excluding hydrogens is 418 g/mol. The van der Waals surface area contributed by atoms with Gasteiger partial charge >= 0.3 is 11.1 Å². The zero-order valence-corrected chi connectivity index (χ0v) is 17.5. The van der Waals surface area contributed by atoms with Crippen LogP contribution in [-0.2, 0) is 11.3 Å². The molecule has 9 heteroatoms. The molecule has 1 fully saturated rings. The fourth-order valence-corrected chi connectivity index (χ4v) is 3.82. The number of carbonyl (C=O) groups is 1. The van der Waals surface area contributed by atoms with E-state index in [4.69, 9.17) is 0 Å². The Morgan fingerprint density at radius 1 is 0.906 bits per heavy atom. The van der Waals surface area contributed by atoms with Crippen LogP contribution in [0.1, 0.15) is 5.56 Å². The summed E-state index contributed by atoms with van der Waals surface area (Å²) in [4.78, 5) is 41.3. The first-order valence-corrected chi connectivity index (χ1v) is 10.2. The SMILES string of the molecule is Cc1ccc(F)cc1-n1ccn(CC(=O)N2CCN(c3ccccc3F)CC2)c(=O)c1=O. The highest BCUT2D eigenvalue weighted by molar-refractivity contribution is 5.76. The second-order valence-electron chi connectivity index (χ2n) is 7.66. The maximum atomic E-state index is 14.0. The summed E-state index contributed by atoms with van der Waals surface area (Å²) in [5.41, 5.74) is -0.329. The van der Waals surface area contributed by atoms with E-state index in [2.05, 4.69) is 0 Å². The molecule has 3 aromatic rings. The van der Waals surface area contributed by atoms with Crippen LogP contribution < -0.4 is 16.0 Å². The molecule has 166 valence electrons. The number of piperazine rings is 1. The lowest BCUT2D eigenvalue weighted by Gasteiger charge is -2.36. The molecule has 0 aliphatic carbocycles. The molecule has 0 radical (unpaired) electrons. The number of nitrogens with zero attached hydrogens (tertiary/aromatic N) is 4. The highest BCUT2D eigenvalue weighted by atomic mass is 19.1. The number of benzene rings is 2. The number of carbonyl (C=O) groups excluding carboxylic acids is 1. The van der Waals surface area contributed by atoms with Crippen LogP contribution in [0.3, 0.4) is 0 Å². The van der Waals surface area contributed by atoms with Crippen molar-refractivity contribution < 1.29 is 13.6 Å². The standard InChI is InChI=1S/C23H22F2N4O3/c1-16-6-7-17(24)14-20(16)29-13-12-28(22(31)23(29)32)15-21(30)27-10-8-26(9-11-27)19-5-3-2-4-18(19)25/h2-7,12-14H,8-11,15H2,1H3. The Hall–Kier alpha value is -3.75. The minimum Gasteiger partial charge on any atom is -0.366 e. The number of hydrogen-bond donors (Lipinski definition) is 0. The van der Waals surface area contributed by atoms with E-state index < -0.39 is 16.9 Å². The zero-order valence-electron chi connectivity index (χ0n) is 17.5. The molecule has 0 bridgehead atoms. The lowest BCUT2D eigenvalue weighted by molar-refractivity contribution is -0.132. The lowest BCUT2D eigenvalue weighted by Crippen LogP contribution is -2.51. The van der Waals surface area contributed by atoms with Crippen molar-refractivity contribution in [3.05, 3.63) is 92.8 Å². The molecular formula is C23H22F2N4O3. The number of amides is 1. The van der Waals surface area contributed by atoms with Gasteiger partial charge in [-0.3, -0.25) is 23.5 Å². The first kappa shape index (κ1) is 21.5. The predicted octanol–water partition coefficient (Wildman–Crippen LogP) is 1.93. The molecule has 4 rings (SSSR count). The van der Waals surface area contributed by atoms with E-state index in [1.54, 1.807) is 30.0 Å². The number of halogens is 2. The van der Waals surface area contributed by atoms with Crippen molar-refractivity contribution >= 4 is 11.6 Å². The van der Waals surface area contributed by atoms with Gasteiger partial charge in [0.2, 0.25) is 5.91 Å². The van der Waals surface area contributed by atoms with Gasteiger partial charge in [-0.1, -0.05) is 18.2 Å². The molecule has 1 aromatic heterocycles. The van der Waals surface area contributed by atoms with Gasteiger partial charge in [0.15, 0.2) is 0 Å². The van der Waals surface area contributed by atoms with Gasteiger partial charge < -0.3 is 9.80 Å². The Labute approximate surface area is 182 Å². The molecule has 1 amide bonds. The summed E-state index contributed by atoms with van der Waals surface area (Å²) >= 11 is 0. The van der Waals surface area contributed by atoms with Crippen molar-refractivity contribution in [2.75, 3.05) is 31.1 Å². The van der Waals surface area contributed by atoms with Gasteiger partial charge in [-0.15, -0.1) is 0 Å². The highest BCUT2D eigenvalue weighted by Crippen LogP contribution is 2.20. The van der Waals surface area contributed by atoms with Crippen molar-refractivity contribution in [2.24, 2.45) is 0 Å². The number of para-hydroxylation sites is 1. The Balaban J connectivity index is 1.47. The number of aromatic nitrogens is 2. The van der Waals surface area contributed by atoms with Gasteiger partial charge in [-0.05, 0) is 36.8 Å². The van der Waals surface area contributed by atoms with Crippen LogP contribution in [0.5, 0.6) is 0 Å². The van der Waals surface area contributed by atoms with E-state index >= 15 is 0 Å². The Kier molecular flexibility index (Phi) is 5.89. The summed E-state index contributed by atoms with van der Waals surface area (Å²) in [5, 5.41) is 0. The van der Waals surface area contributed by atoms with E-state index in [1.807, 2.05) is 4.90 Å². The fraction of sp³-hybridized carbons (Fsp3) is 0.261. The van der Waals surface area contributed by atoms with Crippen molar-refractivity contribution in [1.29, 1.82) is 0 Å². The zero-order chi connectivity index (χ0) is 22.8. The molecule has 0 saturated carbocycles. The first-order chi connectivity index (χ1) is 15.3. The van der Waals surface area contributed by atoms with E-state index in [0.717, 1.165) is 9.13 Å². The summed E-state index contributed by atoms with van der Waals surface area (Å²) in [6, 6.07) is 10.5. The monoisotopic (exact) mass is 440 g/mol. The highest BCUT2D eigenvalue weighted by Gasteiger charge is 2.23. The molecule has 7 nitrogen and oxygen atoms in total. The van der Waals surface area contributed by atoms with Crippen LogP contribution in [-0.4, -0.2) is 46.1 Å². The number of aryl methyl sites for hydroxylation is 1. The molecule has 0 spiro atoms. The van der Waals surface area contributed by atoms with Crippen molar-refractivity contribution in [3.8, 4) is 5.69 Å². The molecule has 0 unspecified atom stereocenters. The largest absolute Gasteiger partial charge is 0.366 e. The minimum atomic E-state index is -0.866. The van der Waals surface area contributed by atoms with Gasteiger partial charge in [0.05, 0.1) is 11.4 Å². The van der Waals surface area contributed by atoms with E-state index in [9.17, 15) is 23.2 Å². The first-order valence-electron chi connectivity index (χ1n) is 10.2. The third-order valence-electron chi connectivity index (χ3n) is 5.62. The number of hydrogen-bond acceptors (Lipinski definition) is 4. The van der Waals surface area contributed by atoms with Crippen molar-refractivity contribution in [2.45, 2.75) is 13.5 Å².